The van der Waals surface area contributed by atoms with E-state index in [1.54, 1.807) is 11.2 Å². The molecule has 6 heteroatoms. The van der Waals surface area contributed by atoms with Gasteiger partial charge in [0.05, 0.1) is 18.9 Å². The fourth-order valence-electron chi connectivity index (χ4n) is 3.72. The van der Waals surface area contributed by atoms with Gasteiger partial charge in [-0.25, -0.2) is 0 Å². The van der Waals surface area contributed by atoms with Crippen LogP contribution in [0.4, 0.5) is 0 Å². The van der Waals surface area contributed by atoms with Gasteiger partial charge in [0.25, 0.3) is 5.91 Å². The van der Waals surface area contributed by atoms with Gasteiger partial charge in [-0.15, -0.1) is 0 Å². The molecule has 0 radical (unpaired) electrons. The zero-order chi connectivity index (χ0) is 17.1. The van der Waals surface area contributed by atoms with Gasteiger partial charge in [-0.3, -0.25) is 4.79 Å². The first kappa shape index (κ1) is 16.4. The Morgan fingerprint density at radius 1 is 1.24 bits per heavy atom. The molecular formula is C19H24N2O4. The fraction of sp³-hybridized carbons (Fsp3) is 0.579. The minimum Gasteiger partial charge on any atom is -0.467 e. The molecule has 2 aromatic heterocycles. The molecule has 1 fully saturated rings. The molecule has 0 saturated carbocycles. The second kappa shape index (κ2) is 7.44. The number of carbonyl (C=O) groups is 1. The zero-order valence-corrected chi connectivity index (χ0v) is 14.4. The van der Waals surface area contributed by atoms with Gasteiger partial charge in [-0.1, -0.05) is 11.6 Å². The van der Waals surface area contributed by atoms with E-state index in [1.807, 2.05) is 12.1 Å². The van der Waals surface area contributed by atoms with Crippen LogP contribution in [0.3, 0.4) is 0 Å². The maximum Gasteiger partial charge on any atom is 0.276 e. The third kappa shape index (κ3) is 3.63. The summed E-state index contributed by atoms with van der Waals surface area (Å²) >= 11 is 0. The average Bonchev–Trinajstić information content (AvgIpc) is 3.35. The summed E-state index contributed by atoms with van der Waals surface area (Å²) in [6.07, 6.45) is 8.85. The highest BCUT2D eigenvalue weighted by Gasteiger charge is 2.29. The third-order valence-electron chi connectivity index (χ3n) is 5.06. The number of furan rings is 1. The van der Waals surface area contributed by atoms with Gasteiger partial charge in [0.2, 0.25) is 0 Å². The van der Waals surface area contributed by atoms with Gasteiger partial charge in [0, 0.05) is 25.1 Å². The van der Waals surface area contributed by atoms with E-state index in [1.165, 1.54) is 6.42 Å². The van der Waals surface area contributed by atoms with Gasteiger partial charge in [0.1, 0.15) is 11.5 Å². The molecule has 1 aliphatic carbocycles. The third-order valence-corrected chi connectivity index (χ3v) is 5.06. The normalized spacial score (nSPS) is 20.2. The molecule has 1 amide bonds. The van der Waals surface area contributed by atoms with Crippen LogP contribution in [0.2, 0.25) is 0 Å². The first-order valence-electron chi connectivity index (χ1n) is 9.22. The van der Waals surface area contributed by atoms with E-state index >= 15 is 0 Å². The Balaban J connectivity index is 1.57. The number of ether oxygens (including phenoxy) is 1. The smallest absolute Gasteiger partial charge is 0.276 e. The van der Waals surface area contributed by atoms with Crippen LogP contribution in [0.5, 0.6) is 0 Å². The van der Waals surface area contributed by atoms with Crippen LogP contribution >= 0.6 is 0 Å². The van der Waals surface area contributed by atoms with Gasteiger partial charge < -0.3 is 18.6 Å². The van der Waals surface area contributed by atoms with Crippen molar-refractivity contribution in [1.82, 2.24) is 10.1 Å². The van der Waals surface area contributed by atoms with E-state index in [2.05, 4.69) is 5.16 Å². The predicted octanol–water partition coefficient (Wildman–Crippen LogP) is 3.36. The Labute approximate surface area is 147 Å². The minimum atomic E-state index is -0.0844. The maximum absolute atomic E-state index is 13.2. The minimum absolute atomic E-state index is 0.0844. The van der Waals surface area contributed by atoms with E-state index in [9.17, 15) is 4.79 Å². The summed E-state index contributed by atoms with van der Waals surface area (Å²) in [5, 5.41) is 4.13. The van der Waals surface area contributed by atoms with Gasteiger partial charge in [-0.2, -0.15) is 0 Å². The molecule has 1 aliphatic heterocycles. The number of hydrogen-bond donors (Lipinski definition) is 0. The SMILES string of the molecule is O=C(c1noc2c1CCCCC2)N(Cc1ccco1)C[C@@H]1CCCO1. The van der Waals surface area contributed by atoms with E-state index in [0.717, 1.165) is 62.2 Å². The highest BCUT2D eigenvalue weighted by molar-refractivity contribution is 5.93. The molecule has 2 aromatic rings. The molecule has 0 bridgehead atoms. The average molecular weight is 344 g/mol. The summed E-state index contributed by atoms with van der Waals surface area (Å²) in [7, 11) is 0. The molecule has 3 heterocycles. The quantitative estimate of drug-likeness (QED) is 0.778. The van der Waals surface area contributed by atoms with Crippen LogP contribution in [-0.4, -0.2) is 35.2 Å². The Morgan fingerprint density at radius 3 is 2.96 bits per heavy atom. The number of aryl methyl sites for hydroxylation is 1. The number of rotatable bonds is 5. The monoisotopic (exact) mass is 344 g/mol. The van der Waals surface area contributed by atoms with Crippen molar-refractivity contribution < 1.29 is 18.5 Å². The van der Waals surface area contributed by atoms with Crippen molar-refractivity contribution in [2.75, 3.05) is 13.2 Å². The molecule has 0 aromatic carbocycles. The second-order valence-electron chi connectivity index (χ2n) is 6.89. The fourth-order valence-corrected chi connectivity index (χ4v) is 3.72. The number of amides is 1. The number of hydrogen-bond acceptors (Lipinski definition) is 5. The Kier molecular flexibility index (Phi) is 4.88. The maximum atomic E-state index is 13.2. The zero-order valence-electron chi connectivity index (χ0n) is 14.4. The standard InChI is InChI=1S/C19H24N2O4/c22-19(18-16-8-2-1-3-9-17(16)25-20-18)21(12-14-6-4-10-23-14)13-15-7-5-11-24-15/h4,6,10,15H,1-3,5,7-9,11-13H2/t15-/m0/s1. The summed E-state index contributed by atoms with van der Waals surface area (Å²) in [6, 6.07) is 3.73. The highest BCUT2D eigenvalue weighted by atomic mass is 16.5. The van der Waals surface area contributed by atoms with Gasteiger partial charge in [-0.05, 0) is 44.2 Å². The van der Waals surface area contributed by atoms with Crippen molar-refractivity contribution in [2.24, 2.45) is 0 Å². The summed E-state index contributed by atoms with van der Waals surface area (Å²) in [4.78, 5) is 15.0. The molecule has 6 nitrogen and oxygen atoms in total. The van der Waals surface area contributed by atoms with Crippen LogP contribution < -0.4 is 0 Å². The first-order chi connectivity index (χ1) is 12.3. The lowest BCUT2D eigenvalue weighted by Crippen LogP contribution is -2.37. The van der Waals surface area contributed by atoms with Crippen LogP contribution in [0.1, 0.15) is 59.7 Å². The lowest BCUT2D eigenvalue weighted by molar-refractivity contribution is 0.0483. The molecule has 1 atom stereocenters. The summed E-state index contributed by atoms with van der Waals surface area (Å²) in [5.74, 6) is 1.57. The van der Waals surface area contributed by atoms with Crippen LogP contribution in [0, 0.1) is 0 Å². The number of nitrogens with zero attached hydrogens (tertiary/aromatic N) is 2. The van der Waals surface area contributed by atoms with Crippen molar-refractivity contribution in [3.63, 3.8) is 0 Å². The second-order valence-corrected chi connectivity index (χ2v) is 6.89. The molecule has 25 heavy (non-hydrogen) atoms. The summed E-state index contributed by atoms with van der Waals surface area (Å²) in [5.41, 5.74) is 1.47. The molecule has 1 saturated heterocycles. The van der Waals surface area contributed by atoms with Crippen molar-refractivity contribution >= 4 is 5.91 Å². The molecular weight excluding hydrogens is 320 g/mol. The molecule has 0 N–H and O–H groups in total. The van der Waals surface area contributed by atoms with Crippen molar-refractivity contribution in [2.45, 2.75) is 57.6 Å². The Bertz CT molecular complexity index is 701. The van der Waals surface area contributed by atoms with Crippen molar-refractivity contribution in [3.05, 3.63) is 41.2 Å². The lowest BCUT2D eigenvalue weighted by atomic mass is 10.1. The first-order valence-corrected chi connectivity index (χ1v) is 9.22. The number of carbonyl (C=O) groups excluding carboxylic acids is 1. The Morgan fingerprint density at radius 2 is 2.16 bits per heavy atom. The van der Waals surface area contributed by atoms with Crippen molar-refractivity contribution in [3.8, 4) is 0 Å². The molecule has 134 valence electrons. The largest absolute Gasteiger partial charge is 0.467 e. The summed E-state index contributed by atoms with van der Waals surface area (Å²) in [6.45, 7) is 1.75. The van der Waals surface area contributed by atoms with Gasteiger partial charge >= 0.3 is 0 Å². The Hall–Kier alpha value is -2.08. The van der Waals surface area contributed by atoms with Crippen LogP contribution in [0.15, 0.2) is 27.3 Å². The van der Waals surface area contributed by atoms with Crippen molar-refractivity contribution in [1.29, 1.82) is 0 Å². The molecule has 2 aliphatic rings. The molecule has 0 unspecified atom stereocenters. The van der Waals surface area contributed by atoms with Crippen LogP contribution in [-0.2, 0) is 24.1 Å². The van der Waals surface area contributed by atoms with Crippen LogP contribution in [0.25, 0.3) is 0 Å². The molecule has 0 spiro atoms. The lowest BCUT2D eigenvalue weighted by Gasteiger charge is -2.24. The van der Waals surface area contributed by atoms with Gasteiger partial charge in [0.15, 0.2) is 5.69 Å². The number of aromatic nitrogens is 1. The number of fused-ring (bicyclic) bond motifs is 1. The van der Waals surface area contributed by atoms with E-state index in [4.69, 9.17) is 13.7 Å². The molecule has 4 rings (SSSR count). The van der Waals surface area contributed by atoms with E-state index in [0.29, 0.717) is 18.8 Å². The highest BCUT2D eigenvalue weighted by Crippen LogP contribution is 2.25. The summed E-state index contributed by atoms with van der Waals surface area (Å²) < 4.78 is 16.7. The van der Waals surface area contributed by atoms with E-state index in [-0.39, 0.29) is 12.0 Å². The van der Waals surface area contributed by atoms with E-state index < -0.39 is 0 Å². The topological polar surface area (TPSA) is 68.7 Å². The predicted molar refractivity (Wildman–Crippen MR) is 90.2 cm³/mol.